The summed E-state index contributed by atoms with van der Waals surface area (Å²) in [5.74, 6) is -5.63. The van der Waals surface area contributed by atoms with Crippen LogP contribution in [0, 0.1) is 24.7 Å². The average molecular weight is 1380 g/mol. The lowest BCUT2D eigenvalue weighted by Gasteiger charge is -2.42. The Morgan fingerprint density at radius 1 is 0.977 bits per heavy atom. The molecule has 3 heterocycles. The molecule has 3 aliphatic heterocycles. The van der Waals surface area contributed by atoms with E-state index in [0.717, 1.165) is 16.0 Å². The molecule has 2 fully saturated rings. The number of esters is 2. The Labute approximate surface area is 536 Å². The van der Waals surface area contributed by atoms with Crippen LogP contribution in [0.4, 0.5) is 21.0 Å². The van der Waals surface area contributed by atoms with Gasteiger partial charge in [0.1, 0.15) is 47.8 Å². The number of rotatable bonds is 25. The first-order valence-electron chi connectivity index (χ1n) is 29.2. The number of aliphatic hydroxyl groups is 1. The fraction of sp³-hybridized carbons (Fsp3) is 0.590. The molecule has 0 unspecified atom stereocenters. The molecule has 0 spiro atoms. The van der Waals surface area contributed by atoms with Gasteiger partial charge in [0, 0.05) is 63.2 Å². The molecule has 486 valence electrons. The maximum Gasteiger partial charge on any atom is 0.409 e. The molecular formula is C61H85Br2ClN8O16. The Bertz CT molecular complexity index is 2930. The Morgan fingerprint density at radius 2 is 1.68 bits per heavy atom. The number of methoxy groups -OCH3 is 2. The third-order valence-electron chi connectivity index (χ3n) is 16.0. The number of aryl methyl sites for hydroxylation is 1. The highest BCUT2D eigenvalue weighted by Crippen LogP contribution is 2.49. The number of carbonyl (C=O) groups excluding carboxylic acids is 9. The molecule has 2 aromatic rings. The third kappa shape index (κ3) is 19.3. The summed E-state index contributed by atoms with van der Waals surface area (Å²) in [7, 11) is 5.68. The molecule has 0 radical (unpaired) electrons. The first-order valence-corrected chi connectivity index (χ1v) is 31.8. The highest BCUT2D eigenvalue weighted by atomic mass is 79.9. The van der Waals surface area contributed by atoms with Gasteiger partial charge >= 0.3 is 24.1 Å². The van der Waals surface area contributed by atoms with Crippen LogP contribution in [0.3, 0.4) is 0 Å². The van der Waals surface area contributed by atoms with Crippen molar-refractivity contribution in [3.8, 4) is 5.75 Å². The quantitative estimate of drug-likeness (QED) is 0.0180. The number of nitrogens with one attached hydrogen (secondary N) is 5. The molecule has 8 amide bonds. The summed E-state index contributed by atoms with van der Waals surface area (Å²) in [6, 6.07) is 3.38. The molecule has 0 saturated carbocycles. The number of nitrogens with two attached hydrogens (primary N) is 1. The van der Waals surface area contributed by atoms with Crippen molar-refractivity contribution in [2.24, 2.45) is 23.5 Å². The van der Waals surface area contributed by atoms with E-state index in [1.807, 2.05) is 26.0 Å². The van der Waals surface area contributed by atoms with E-state index in [0.29, 0.717) is 52.6 Å². The summed E-state index contributed by atoms with van der Waals surface area (Å²) in [5, 5.41) is 26.4. The van der Waals surface area contributed by atoms with Crippen LogP contribution in [0.1, 0.15) is 114 Å². The number of carbonyl (C=O) groups is 9. The number of anilines is 2. The summed E-state index contributed by atoms with van der Waals surface area (Å²) >= 11 is 13.5. The number of allylic oxidation sites excluding steroid dienone is 3. The first kappa shape index (κ1) is 72.4. The fourth-order valence-corrected chi connectivity index (χ4v) is 12.3. The molecule has 5 rings (SSSR count). The molecular weight excluding hydrogens is 1300 g/mol. The molecule has 10 atom stereocenters. The number of alkyl halides is 2. The number of amides is 8. The SMILES string of the molecule is COc1ccc(C(=O)N(C)[C@@H](C)C(=O)O[C@H]2CC(=O)N(C)c3cc(cc(C)c3Cl)C/C(C)=C/C=C/[C@@H](OC)[C@@]3(O)C[C@H](OC(=O)N3)[C@@H](C)[C@@H]3O[C@@]23C)c(NC(=O)[C@H](CCCNC(N)=O)NC(=O)[C@@H](NC(=O)CCCCCOC(=O)C(CBr)CBr)C(C)C)c1. The number of epoxide rings is 1. The first-order chi connectivity index (χ1) is 41.5. The van der Waals surface area contributed by atoms with E-state index >= 15 is 0 Å². The van der Waals surface area contributed by atoms with Crippen molar-refractivity contribution in [3.05, 3.63) is 75.8 Å². The zero-order valence-electron chi connectivity index (χ0n) is 51.8. The van der Waals surface area contributed by atoms with Crippen LogP contribution >= 0.6 is 43.5 Å². The van der Waals surface area contributed by atoms with Gasteiger partial charge in [-0.3, -0.25) is 34.1 Å². The minimum Gasteiger partial charge on any atom is -0.497 e. The molecule has 3 aliphatic rings. The number of halogens is 3. The zero-order valence-corrected chi connectivity index (χ0v) is 55.7. The lowest BCUT2D eigenvalue weighted by Crippen LogP contribution is -2.63. The van der Waals surface area contributed by atoms with Crippen molar-refractivity contribution in [2.45, 2.75) is 160 Å². The van der Waals surface area contributed by atoms with Crippen molar-refractivity contribution >= 4 is 108 Å². The van der Waals surface area contributed by atoms with Crippen LogP contribution in [0.25, 0.3) is 0 Å². The van der Waals surface area contributed by atoms with Crippen LogP contribution in [-0.4, -0.2) is 170 Å². The van der Waals surface area contributed by atoms with E-state index in [1.165, 1.54) is 51.3 Å². The topological polar surface area (TPSA) is 325 Å². The molecule has 27 heteroatoms. The number of fused-ring (bicyclic) bond motifs is 5. The molecule has 88 heavy (non-hydrogen) atoms. The summed E-state index contributed by atoms with van der Waals surface area (Å²) in [5.41, 5.74) is 4.65. The Morgan fingerprint density at radius 3 is 2.33 bits per heavy atom. The fourth-order valence-electron chi connectivity index (χ4n) is 10.4. The molecule has 0 aliphatic carbocycles. The van der Waals surface area contributed by atoms with E-state index in [2.05, 4.69) is 58.4 Å². The van der Waals surface area contributed by atoms with E-state index < -0.39 is 120 Å². The van der Waals surface area contributed by atoms with Crippen molar-refractivity contribution in [3.63, 3.8) is 0 Å². The normalized spacial score (nSPS) is 23.9. The number of alkyl carbamates (subject to hydrolysis) is 1. The molecule has 4 bridgehead atoms. The van der Waals surface area contributed by atoms with E-state index in [9.17, 15) is 48.3 Å². The van der Waals surface area contributed by atoms with Gasteiger partial charge in [-0.25, -0.2) is 14.4 Å². The summed E-state index contributed by atoms with van der Waals surface area (Å²) in [4.78, 5) is 125. The van der Waals surface area contributed by atoms with Gasteiger partial charge in [0.05, 0.1) is 54.1 Å². The van der Waals surface area contributed by atoms with Crippen molar-refractivity contribution in [2.75, 3.05) is 62.3 Å². The summed E-state index contributed by atoms with van der Waals surface area (Å²) in [6.45, 7) is 12.2. The van der Waals surface area contributed by atoms with E-state index in [4.69, 9.17) is 45.8 Å². The van der Waals surface area contributed by atoms with Gasteiger partial charge in [-0.05, 0) is 101 Å². The van der Waals surface area contributed by atoms with Crippen LogP contribution in [0.2, 0.25) is 5.02 Å². The Hall–Kier alpha value is -6.32. The van der Waals surface area contributed by atoms with Crippen LogP contribution in [0.5, 0.6) is 5.75 Å². The average Bonchev–Trinajstić information content (AvgIpc) is 1.71. The summed E-state index contributed by atoms with van der Waals surface area (Å²) < 4.78 is 34.9. The Balaban J connectivity index is 1.38. The molecule has 8 N–H and O–H groups in total. The number of hydrogen-bond donors (Lipinski definition) is 7. The molecule has 0 aromatic heterocycles. The van der Waals surface area contributed by atoms with Gasteiger partial charge in [-0.2, -0.15) is 0 Å². The number of unbranched alkanes of at least 4 members (excludes halogenated alkanes) is 2. The highest BCUT2D eigenvalue weighted by molar-refractivity contribution is 9.09. The molecule has 2 saturated heterocycles. The van der Waals surface area contributed by atoms with Gasteiger partial charge in [-0.1, -0.05) is 94.1 Å². The molecule has 2 aromatic carbocycles. The van der Waals surface area contributed by atoms with Gasteiger partial charge in [0.2, 0.25) is 23.6 Å². The largest absolute Gasteiger partial charge is 0.497 e. The van der Waals surface area contributed by atoms with E-state index in [-0.39, 0.29) is 67.7 Å². The maximum atomic E-state index is 14.7. The smallest absolute Gasteiger partial charge is 0.409 e. The van der Waals surface area contributed by atoms with Gasteiger partial charge in [0.15, 0.2) is 5.72 Å². The van der Waals surface area contributed by atoms with Gasteiger partial charge in [-0.15, -0.1) is 0 Å². The third-order valence-corrected chi connectivity index (χ3v) is 18.1. The number of hydrogen-bond acceptors (Lipinski definition) is 16. The number of urea groups is 1. The monoisotopic (exact) mass is 1380 g/mol. The minimum atomic E-state index is -1.92. The summed E-state index contributed by atoms with van der Waals surface area (Å²) in [6.07, 6.45) is 1.80. The lowest BCUT2D eigenvalue weighted by atomic mass is 9.83. The van der Waals surface area contributed by atoms with Crippen LogP contribution in [-0.2, 0) is 58.9 Å². The second kappa shape index (κ2) is 33.0. The van der Waals surface area contributed by atoms with E-state index in [1.54, 1.807) is 53.0 Å². The maximum absolute atomic E-state index is 14.7. The second-order valence-corrected chi connectivity index (χ2v) is 24.8. The molecule has 24 nitrogen and oxygen atoms in total. The highest BCUT2D eigenvalue weighted by Gasteiger charge is 2.64. The van der Waals surface area contributed by atoms with Crippen LogP contribution in [0.15, 0.2) is 54.1 Å². The number of nitrogens with zero attached hydrogens (tertiary/aromatic N) is 2. The predicted molar refractivity (Wildman–Crippen MR) is 336 cm³/mol. The number of likely N-dealkylation sites (N-methyl/N-ethyl adjacent to an activating group) is 1. The van der Waals surface area contributed by atoms with Crippen LogP contribution < -0.4 is 42.0 Å². The zero-order chi connectivity index (χ0) is 65.4. The predicted octanol–water partition coefficient (Wildman–Crippen LogP) is 6.66. The number of primary amides is 1. The number of benzene rings is 2. The second-order valence-electron chi connectivity index (χ2n) is 23.1. The standard InChI is InChI=1S/C61H85Br2ClN8O16/c1-33(2)51(69-48(73)20-13-12-14-24-85-57(79)39(31-62)32-63)54(76)67-42(18-16-23-66-58(65)80)53(75)68-43-28-40(83-10)21-22-41(43)55(77)71(8)37(6)56(78)87-47-29-49(74)72(9)44-27-38(26-35(4)50(44)64)25-34(3)17-15-19-46(84-11)61(82)30-45(86-59(81)70-61)36(5)52-60(47,7)88-52/h15,17,19,21-22,26-28,33,36-37,39,42,45-47,51-52,82H,12-14,16,18,20,23-25,29-32H2,1-11H3,(H,67,76)(H,68,75)(H,69,73)(H,70,81)(H3,65,66,80)/b19-15+,34-17+/t36-,37+,42+,45+,46-,47+,51+,52+,60+,61+/m1/s1. The van der Waals surface area contributed by atoms with Crippen molar-refractivity contribution in [1.29, 1.82) is 0 Å². The van der Waals surface area contributed by atoms with Crippen molar-refractivity contribution < 1.29 is 76.7 Å². The lowest BCUT2D eigenvalue weighted by molar-refractivity contribution is -0.158. The van der Waals surface area contributed by atoms with Gasteiger partial charge < -0.3 is 70.3 Å². The minimum absolute atomic E-state index is 0.0371. The van der Waals surface area contributed by atoms with Crippen molar-refractivity contribution in [1.82, 2.24) is 26.2 Å². The van der Waals surface area contributed by atoms with Gasteiger partial charge in [0.25, 0.3) is 5.91 Å². The Kier molecular flexibility index (Phi) is 27.1. The number of ether oxygens (including phenoxy) is 6.